The molecule has 0 aliphatic heterocycles. The molecule has 0 fully saturated rings. The Labute approximate surface area is 98.5 Å². The maximum absolute atomic E-state index is 6.01. The lowest BCUT2D eigenvalue weighted by atomic mass is 10.0. The molecule has 0 aliphatic rings. The standard InChI is InChI=1S/C13H23N3/c1-6-11(14)10-8-15-12(7-9(10)2)16-13(3,4)5/h7-8,11H,6,14H2,1-5H3,(H,15,16)/t11-/m1/s1. The summed E-state index contributed by atoms with van der Waals surface area (Å²) in [4.78, 5) is 4.40. The first kappa shape index (κ1) is 13.0. The molecule has 90 valence electrons. The van der Waals surface area contributed by atoms with Crippen molar-refractivity contribution in [2.24, 2.45) is 5.73 Å². The summed E-state index contributed by atoms with van der Waals surface area (Å²) >= 11 is 0. The van der Waals surface area contributed by atoms with E-state index in [2.05, 4.69) is 51.0 Å². The van der Waals surface area contributed by atoms with E-state index in [0.29, 0.717) is 0 Å². The van der Waals surface area contributed by atoms with E-state index in [1.807, 2.05) is 6.20 Å². The average Bonchev–Trinajstić information content (AvgIpc) is 2.14. The molecule has 0 radical (unpaired) electrons. The molecule has 3 N–H and O–H groups in total. The number of hydrogen-bond acceptors (Lipinski definition) is 3. The number of pyridine rings is 1. The minimum Gasteiger partial charge on any atom is -0.365 e. The van der Waals surface area contributed by atoms with E-state index in [1.54, 1.807) is 0 Å². The zero-order valence-electron chi connectivity index (χ0n) is 11.0. The first-order chi connectivity index (χ1) is 7.33. The Kier molecular flexibility index (Phi) is 3.92. The second-order valence-corrected chi connectivity index (χ2v) is 5.32. The molecule has 0 amide bonds. The number of nitrogens with zero attached hydrogens (tertiary/aromatic N) is 1. The van der Waals surface area contributed by atoms with Crippen LogP contribution in [-0.4, -0.2) is 10.5 Å². The molecule has 0 saturated heterocycles. The van der Waals surface area contributed by atoms with Crippen LogP contribution in [0.1, 0.15) is 51.3 Å². The minimum absolute atomic E-state index is 0.0355. The van der Waals surface area contributed by atoms with Gasteiger partial charge < -0.3 is 11.1 Å². The SMILES string of the molecule is CC[C@@H](N)c1cnc(NC(C)(C)C)cc1C. The average molecular weight is 221 g/mol. The number of anilines is 1. The molecule has 1 aromatic rings. The van der Waals surface area contributed by atoms with Crippen LogP contribution in [0.5, 0.6) is 0 Å². The van der Waals surface area contributed by atoms with Gasteiger partial charge in [0.2, 0.25) is 0 Å². The molecule has 1 heterocycles. The molecule has 0 bridgehead atoms. The second kappa shape index (κ2) is 4.83. The van der Waals surface area contributed by atoms with Crippen LogP contribution in [-0.2, 0) is 0 Å². The highest BCUT2D eigenvalue weighted by Gasteiger charge is 2.12. The zero-order valence-corrected chi connectivity index (χ0v) is 11.0. The number of hydrogen-bond donors (Lipinski definition) is 2. The van der Waals surface area contributed by atoms with E-state index in [0.717, 1.165) is 17.8 Å². The molecular formula is C13H23N3. The quantitative estimate of drug-likeness (QED) is 0.825. The molecule has 16 heavy (non-hydrogen) atoms. The summed E-state index contributed by atoms with van der Waals surface area (Å²) in [6.45, 7) is 10.5. The Hall–Kier alpha value is -1.09. The summed E-state index contributed by atoms with van der Waals surface area (Å²) in [5.41, 5.74) is 8.39. The number of aryl methyl sites for hydroxylation is 1. The van der Waals surface area contributed by atoms with Gasteiger partial charge in [-0.25, -0.2) is 4.98 Å². The Bertz CT molecular complexity index is 353. The highest BCUT2D eigenvalue weighted by Crippen LogP contribution is 2.21. The fourth-order valence-electron chi connectivity index (χ4n) is 1.63. The van der Waals surface area contributed by atoms with Crippen molar-refractivity contribution in [2.75, 3.05) is 5.32 Å². The van der Waals surface area contributed by atoms with Crippen LogP contribution >= 0.6 is 0 Å². The first-order valence-electron chi connectivity index (χ1n) is 5.84. The summed E-state index contributed by atoms with van der Waals surface area (Å²) < 4.78 is 0. The smallest absolute Gasteiger partial charge is 0.126 e. The van der Waals surface area contributed by atoms with E-state index >= 15 is 0 Å². The maximum atomic E-state index is 6.01. The molecule has 0 unspecified atom stereocenters. The minimum atomic E-state index is 0.0355. The van der Waals surface area contributed by atoms with Crippen LogP contribution in [0.15, 0.2) is 12.3 Å². The molecular weight excluding hydrogens is 198 g/mol. The number of aromatic nitrogens is 1. The summed E-state index contributed by atoms with van der Waals surface area (Å²) in [7, 11) is 0. The lowest BCUT2D eigenvalue weighted by molar-refractivity contribution is 0.629. The third kappa shape index (κ3) is 3.49. The van der Waals surface area contributed by atoms with Crippen LogP contribution in [0.4, 0.5) is 5.82 Å². The predicted octanol–water partition coefficient (Wildman–Crippen LogP) is 3.01. The lowest BCUT2D eigenvalue weighted by Gasteiger charge is -2.22. The van der Waals surface area contributed by atoms with Crippen molar-refractivity contribution >= 4 is 5.82 Å². The van der Waals surface area contributed by atoms with Crippen LogP contribution in [0.25, 0.3) is 0 Å². The molecule has 0 saturated carbocycles. The molecule has 0 aliphatic carbocycles. The third-order valence-electron chi connectivity index (χ3n) is 2.49. The Morgan fingerprint density at radius 2 is 2.06 bits per heavy atom. The van der Waals surface area contributed by atoms with Crippen LogP contribution in [0, 0.1) is 6.92 Å². The van der Waals surface area contributed by atoms with Crippen molar-refractivity contribution in [3.63, 3.8) is 0 Å². The maximum Gasteiger partial charge on any atom is 0.126 e. The van der Waals surface area contributed by atoms with E-state index in [4.69, 9.17) is 5.73 Å². The van der Waals surface area contributed by atoms with Crippen molar-refractivity contribution in [3.05, 3.63) is 23.4 Å². The Morgan fingerprint density at radius 1 is 1.44 bits per heavy atom. The fraction of sp³-hybridized carbons (Fsp3) is 0.615. The molecule has 3 nitrogen and oxygen atoms in total. The van der Waals surface area contributed by atoms with Crippen molar-refractivity contribution in [1.82, 2.24) is 4.98 Å². The van der Waals surface area contributed by atoms with Gasteiger partial charge in [-0.3, -0.25) is 0 Å². The highest BCUT2D eigenvalue weighted by atomic mass is 15.0. The van der Waals surface area contributed by atoms with E-state index in [-0.39, 0.29) is 11.6 Å². The van der Waals surface area contributed by atoms with Crippen molar-refractivity contribution in [1.29, 1.82) is 0 Å². The van der Waals surface area contributed by atoms with Crippen LogP contribution in [0.3, 0.4) is 0 Å². The summed E-state index contributed by atoms with van der Waals surface area (Å²) in [6.07, 6.45) is 2.83. The number of nitrogens with one attached hydrogen (secondary N) is 1. The van der Waals surface area contributed by atoms with E-state index < -0.39 is 0 Å². The monoisotopic (exact) mass is 221 g/mol. The van der Waals surface area contributed by atoms with Gasteiger partial charge >= 0.3 is 0 Å². The number of nitrogens with two attached hydrogens (primary N) is 1. The summed E-state index contributed by atoms with van der Waals surface area (Å²) in [5.74, 6) is 0.914. The van der Waals surface area contributed by atoms with Gasteiger partial charge in [-0.05, 0) is 51.3 Å². The Morgan fingerprint density at radius 3 is 2.50 bits per heavy atom. The van der Waals surface area contributed by atoms with Gasteiger partial charge in [-0.15, -0.1) is 0 Å². The van der Waals surface area contributed by atoms with Gasteiger partial charge in [0.25, 0.3) is 0 Å². The van der Waals surface area contributed by atoms with Crippen LogP contribution < -0.4 is 11.1 Å². The third-order valence-corrected chi connectivity index (χ3v) is 2.49. The normalized spacial score (nSPS) is 13.6. The van der Waals surface area contributed by atoms with E-state index in [1.165, 1.54) is 5.56 Å². The highest BCUT2D eigenvalue weighted by molar-refractivity contribution is 5.43. The molecule has 1 rings (SSSR count). The van der Waals surface area contributed by atoms with E-state index in [9.17, 15) is 0 Å². The number of rotatable bonds is 3. The van der Waals surface area contributed by atoms with Gasteiger partial charge in [0.1, 0.15) is 5.82 Å². The van der Waals surface area contributed by atoms with Gasteiger partial charge in [-0.2, -0.15) is 0 Å². The fourth-order valence-corrected chi connectivity index (χ4v) is 1.63. The second-order valence-electron chi connectivity index (χ2n) is 5.32. The van der Waals surface area contributed by atoms with Gasteiger partial charge in [0.05, 0.1) is 0 Å². The predicted molar refractivity (Wildman–Crippen MR) is 69.6 cm³/mol. The molecule has 0 aromatic carbocycles. The summed E-state index contributed by atoms with van der Waals surface area (Å²) in [5, 5.41) is 3.35. The lowest BCUT2D eigenvalue weighted by Crippen LogP contribution is -2.26. The largest absolute Gasteiger partial charge is 0.365 e. The van der Waals surface area contributed by atoms with Crippen molar-refractivity contribution < 1.29 is 0 Å². The zero-order chi connectivity index (χ0) is 12.3. The topological polar surface area (TPSA) is 50.9 Å². The molecule has 1 atom stereocenters. The van der Waals surface area contributed by atoms with Gasteiger partial charge in [-0.1, -0.05) is 6.92 Å². The van der Waals surface area contributed by atoms with Crippen LogP contribution in [0.2, 0.25) is 0 Å². The van der Waals surface area contributed by atoms with Gasteiger partial charge in [0.15, 0.2) is 0 Å². The van der Waals surface area contributed by atoms with Crippen molar-refractivity contribution in [2.45, 2.75) is 52.6 Å². The van der Waals surface area contributed by atoms with Gasteiger partial charge in [0, 0.05) is 17.8 Å². The molecule has 0 spiro atoms. The Balaban J connectivity index is 2.91. The molecule has 3 heteroatoms. The van der Waals surface area contributed by atoms with Crippen molar-refractivity contribution in [3.8, 4) is 0 Å². The molecule has 1 aromatic heterocycles. The summed E-state index contributed by atoms with van der Waals surface area (Å²) in [6, 6.07) is 2.16. The first-order valence-corrected chi connectivity index (χ1v) is 5.84.